The minimum Gasteiger partial charge on any atom is -0.428 e. The molecule has 3 aromatic rings. The lowest BCUT2D eigenvalue weighted by molar-refractivity contribution is -0.208. The van der Waals surface area contributed by atoms with Crippen LogP contribution in [0.25, 0.3) is 11.1 Å². The van der Waals surface area contributed by atoms with Gasteiger partial charge in [-0.3, -0.25) is 9.59 Å². The number of hydrogen-bond acceptors (Lipinski definition) is 4. The fourth-order valence-corrected chi connectivity index (χ4v) is 4.48. The lowest BCUT2D eigenvalue weighted by Crippen LogP contribution is -2.54. The molecule has 0 bridgehead atoms. The van der Waals surface area contributed by atoms with Gasteiger partial charge in [0.2, 0.25) is 0 Å². The van der Waals surface area contributed by atoms with Crippen LogP contribution in [0.15, 0.2) is 84.9 Å². The second-order valence-electron chi connectivity index (χ2n) is 9.88. The highest BCUT2D eigenvalue weighted by molar-refractivity contribution is 5.95. The monoisotopic (exact) mass is 538 g/mol. The first kappa shape index (κ1) is 27.9. The van der Waals surface area contributed by atoms with Crippen LogP contribution in [0.1, 0.15) is 29.8 Å². The molecule has 9 heteroatoms. The number of Topliss-reactive ketones (excluding diaryl/α,β-unsaturated/α-hetero) is 1. The molecule has 1 aliphatic rings. The van der Waals surface area contributed by atoms with E-state index in [1.165, 1.54) is 18.7 Å². The Kier molecular flexibility index (Phi) is 8.09. The molecule has 6 nitrogen and oxygen atoms in total. The minimum atomic E-state index is -5.08. The second kappa shape index (κ2) is 11.3. The molecule has 204 valence electrons. The topological polar surface area (TPSA) is 66.9 Å². The number of carbonyl (C=O) groups excluding carboxylic acids is 3. The molecule has 2 amide bonds. The molecular formula is C30H29F3N2O4. The SMILES string of the molecule is CC(C)(C(=O)C(OC(=O)N1CCN(C(=O)c2ccc(-c3ccccc3)cc2)CC1)C(F)(F)F)c1ccccc1. The van der Waals surface area contributed by atoms with Gasteiger partial charge in [0.05, 0.1) is 5.41 Å². The Bertz CT molecular complexity index is 1300. The van der Waals surface area contributed by atoms with Crippen molar-refractivity contribution in [2.24, 2.45) is 0 Å². The summed E-state index contributed by atoms with van der Waals surface area (Å²) < 4.78 is 46.4. The van der Waals surface area contributed by atoms with E-state index in [1.54, 1.807) is 42.5 Å². The zero-order valence-electron chi connectivity index (χ0n) is 21.6. The molecule has 1 fully saturated rings. The van der Waals surface area contributed by atoms with Crippen molar-refractivity contribution in [1.29, 1.82) is 0 Å². The highest BCUT2D eigenvalue weighted by Crippen LogP contribution is 2.33. The van der Waals surface area contributed by atoms with Crippen LogP contribution in [-0.4, -0.2) is 66.0 Å². The van der Waals surface area contributed by atoms with Crippen LogP contribution in [0, 0.1) is 0 Å². The highest BCUT2D eigenvalue weighted by Gasteiger charge is 2.53. The molecule has 1 atom stereocenters. The van der Waals surface area contributed by atoms with E-state index in [9.17, 15) is 27.6 Å². The summed E-state index contributed by atoms with van der Waals surface area (Å²) in [5, 5.41) is 0. The number of piperazine rings is 1. The number of amides is 2. The first-order valence-corrected chi connectivity index (χ1v) is 12.6. The summed E-state index contributed by atoms with van der Waals surface area (Å²) in [6, 6.07) is 24.9. The molecule has 4 rings (SSSR count). The average Bonchev–Trinajstić information content (AvgIpc) is 2.95. The lowest BCUT2D eigenvalue weighted by atomic mass is 9.78. The van der Waals surface area contributed by atoms with Gasteiger partial charge in [0.25, 0.3) is 12.0 Å². The Hall–Kier alpha value is -4.14. The molecule has 39 heavy (non-hydrogen) atoms. The van der Waals surface area contributed by atoms with Crippen molar-refractivity contribution in [3.8, 4) is 11.1 Å². The van der Waals surface area contributed by atoms with E-state index in [2.05, 4.69) is 0 Å². The summed E-state index contributed by atoms with van der Waals surface area (Å²) in [4.78, 5) is 41.3. The van der Waals surface area contributed by atoms with Crippen LogP contribution in [0.3, 0.4) is 0 Å². The number of rotatable bonds is 6. The van der Waals surface area contributed by atoms with E-state index in [0.29, 0.717) is 11.1 Å². The van der Waals surface area contributed by atoms with Gasteiger partial charge in [0.1, 0.15) is 0 Å². The Morgan fingerprint density at radius 3 is 1.74 bits per heavy atom. The molecule has 0 aromatic heterocycles. The van der Waals surface area contributed by atoms with E-state index in [1.807, 2.05) is 42.5 Å². The molecule has 1 heterocycles. The molecule has 0 saturated carbocycles. The molecule has 3 aromatic carbocycles. The summed E-state index contributed by atoms with van der Waals surface area (Å²) in [7, 11) is 0. The van der Waals surface area contributed by atoms with Gasteiger partial charge in [-0.05, 0) is 42.7 Å². The van der Waals surface area contributed by atoms with Gasteiger partial charge >= 0.3 is 12.3 Å². The van der Waals surface area contributed by atoms with Crippen molar-refractivity contribution in [3.63, 3.8) is 0 Å². The largest absolute Gasteiger partial charge is 0.432 e. The van der Waals surface area contributed by atoms with Crippen LogP contribution >= 0.6 is 0 Å². The van der Waals surface area contributed by atoms with Crippen molar-refractivity contribution in [3.05, 3.63) is 96.1 Å². The first-order valence-electron chi connectivity index (χ1n) is 12.6. The van der Waals surface area contributed by atoms with Crippen LogP contribution in [0.2, 0.25) is 0 Å². The zero-order valence-corrected chi connectivity index (χ0v) is 21.6. The van der Waals surface area contributed by atoms with Crippen molar-refractivity contribution in [1.82, 2.24) is 9.80 Å². The minimum absolute atomic E-state index is 0.0203. The second-order valence-corrected chi connectivity index (χ2v) is 9.88. The number of nitrogens with zero attached hydrogens (tertiary/aromatic N) is 2. The number of alkyl halides is 3. The number of ether oxygens (including phenoxy) is 1. The Morgan fingerprint density at radius 1 is 0.718 bits per heavy atom. The fourth-order valence-electron chi connectivity index (χ4n) is 4.48. The Morgan fingerprint density at radius 2 is 1.21 bits per heavy atom. The van der Waals surface area contributed by atoms with E-state index in [0.717, 1.165) is 16.0 Å². The molecule has 1 unspecified atom stereocenters. The van der Waals surface area contributed by atoms with E-state index in [4.69, 9.17) is 4.74 Å². The molecule has 0 radical (unpaired) electrons. The smallest absolute Gasteiger partial charge is 0.428 e. The highest BCUT2D eigenvalue weighted by atomic mass is 19.4. The third kappa shape index (κ3) is 6.30. The standard InChI is InChI=1S/C30H29F3N2O4/c1-29(2,24-11-7-4-8-12-24)25(36)26(30(31,32)33)39-28(38)35-19-17-34(18-20-35)27(37)23-15-13-22(14-16-23)21-9-5-3-6-10-21/h3-16,26H,17-20H2,1-2H3. The van der Waals surface area contributed by atoms with Crippen LogP contribution in [0.4, 0.5) is 18.0 Å². The maximum absolute atomic E-state index is 13.9. The molecule has 0 spiro atoms. The fraction of sp³-hybridized carbons (Fsp3) is 0.300. The van der Waals surface area contributed by atoms with Crippen molar-refractivity contribution in [2.75, 3.05) is 26.2 Å². The van der Waals surface area contributed by atoms with Crippen molar-refractivity contribution >= 4 is 17.8 Å². The molecular weight excluding hydrogens is 509 g/mol. The predicted molar refractivity (Wildman–Crippen MR) is 140 cm³/mol. The average molecular weight is 539 g/mol. The van der Waals surface area contributed by atoms with Gasteiger partial charge in [-0.15, -0.1) is 0 Å². The lowest BCUT2D eigenvalue weighted by Gasteiger charge is -2.36. The van der Waals surface area contributed by atoms with Gasteiger partial charge in [-0.25, -0.2) is 4.79 Å². The Labute approximate surface area is 225 Å². The van der Waals surface area contributed by atoms with E-state index in [-0.39, 0.29) is 32.1 Å². The summed E-state index contributed by atoms with van der Waals surface area (Å²) in [5.41, 5.74) is 1.29. The summed E-state index contributed by atoms with van der Waals surface area (Å²) in [6.45, 7) is 2.94. The molecule has 1 aliphatic heterocycles. The maximum atomic E-state index is 13.9. The summed E-state index contributed by atoms with van der Waals surface area (Å²) >= 11 is 0. The quantitative estimate of drug-likeness (QED) is 0.402. The van der Waals surface area contributed by atoms with Gasteiger partial charge in [0, 0.05) is 31.7 Å². The van der Waals surface area contributed by atoms with Gasteiger partial charge in [-0.2, -0.15) is 13.2 Å². The van der Waals surface area contributed by atoms with Gasteiger partial charge < -0.3 is 14.5 Å². The summed E-state index contributed by atoms with van der Waals surface area (Å²) in [5.74, 6) is -1.50. The van der Waals surface area contributed by atoms with Crippen molar-refractivity contribution < 1.29 is 32.3 Å². The van der Waals surface area contributed by atoms with Crippen molar-refractivity contribution in [2.45, 2.75) is 31.5 Å². The molecule has 0 aliphatic carbocycles. The van der Waals surface area contributed by atoms with Crippen LogP contribution in [0.5, 0.6) is 0 Å². The van der Waals surface area contributed by atoms with E-state index >= 15 is 0 Å². The maximum Gasteiger partial charge on any atom is 0.432 e. The number of hydrogen-bond donors (Lipinski definition) is 0. The van der Waals surface area contributed by atoms with Crippen LogP contribution in [-0.2, 0) is 14.9 Å². The predicted octanol–water partition coefficient (Wildman–Crippen LogP) is 5.73. The van der Waals surface area contributed by atoms with Crippen LogP contribution < -0.4 is 0 Å². The van der Waals surface area contributed by atoms with Gasteiger partial charge in [-0.1, -0.05) is 72.8 Å². The summed E-state index contributed by atoms with van der Waals surface area (Å²) in [6.07, 6.45) is -9.24. The third-order valence-corrected chi connectivity index (χ3v) is 6.93. The molecule has 0 N–H and O–H groups in total. The first-order chi connectivity index (χ1) is 18.5. The van der Waals surface area contributed by atoms with Gasteiger partial charge in [0.15, 0.2) is 5.78 Å². The van der Waals surface area contributed by atoms with E-state index < -0.39 is 29.6 Å². The number of benzene rings is 3. The number of carbonyl (C=O) groups is 3. The molecule has 1 saturated heterocycles. The number of halogens is 3. The zero-order chi connectivity index (χ0) is 28.2. The third-order valence-electron chi connectivity index (χ3n) is 6.93. The Balaban J connectivity index is 1.37. The normalized spacial score (nSPS) is 15.0. The number of ketones is 1.